The van der Waals surface area contributed by atoms with E-state index in [1.54, 1.807) is 12.3 Å². The Morgan fingerprint density at radius 3 is 2.73 bits per heavy atom. The first-order valence-electron chi connectivity index (χ1n) is 9.43. The molecular weight excluding hydrogens is 401 g/mol. The molecule has 160 valence electrons. The summed E-state index contributed by atoms with van der Waals surface area (Å²) in [7, 11) is 0. The van der Waals surface area contributed by atoms with Crippen LogP contribution in [-0.4, -0.2) is 39.4 Å². The summed E-state index contributed by atoms with van der Waals surface area (Å²) >= 11 is 0. The molecular formula is C20H21F3N4O3. The summed E-state index contributed by atoms with van der Waals surface area (Å²) in [6, 6.07) is 5.04. The summed E-state index contributed by atoms with van der Waals surface area (Å²) in [5.74, 6) is -0.808. The van der Waals surface area contributed by atoms with Gasteiger partial charge in [-0.1, -0.05) is 6.07 Å². The van der Waals surface area contributed by atoms with Crippen LogP contribution in [0.25, 0.3) is 0 Å². The standard InChI is InChI=1S/C20H21F3N4O3/c1-13-4-2-8-24-18(13)25-19(30)14-5-3-9-26(10-14)17(29)12-27-11-15(20(21,22)23)6-7-16(27)28/h2,4,6-8,11,14H,3,5,9-10,12H2,1H3,(H,24,25,30). The van der Waals surface area contributed by atoms with E-state index < -0.39 is 35.7 Å². The second kappa shape index (κ2) is 8.68. The molecule has 1 fully saturated rings. The highest BCUT2D eigenvalue weighted by Gasteiger charge is 2.32. The van der Waals surface area contributed by atoms with Crippen LogP contribution in [0.1, 0.15) is 24.0 Å². The van der Waals surface area contributed by atoms with Crippen LogP contribution in [0.3, 0.4) is 0 Å². The largest absolute Gasteiger partial charge is 0.417 e. The highest BCUT2D eigenvalue weighted by Crippen LogP contribution is 2.28. The second-order valence-corrected chi connectivity index (χ2v) is 7.22. The van der Waals surface area contributed by atoms with Gasteiger partial charge in [-0.3, -0.25) is 14.4 Å². The number of carbonyl (C=O) groups is 2. The molecule has 0 spiro atoms. The molecule has 2 aromatic heterocycles. The number of likely N-dealkylation sites (tertiary alicyclic amines) is 1. The molecule has 1 unspecified atom stereocenters. The zero-order valence-corrected chi connectivity index (χ0v) is 16.3. The summed E-state index contributed by atoms with van der Waals surface area (Å²) in [6.45, 7) is 1.80. The molecule has 1 N–H and O–H groups in total. The number of piperidine rings is 1. The number of aryl methyl sites for hydroxylation is 1. The molecule has 10 heteroatoms. The number of nitrogens with one attached hydrogen (secondary N) is 1. The van der Waals surface area contributed by atoms with Crippen molar-refractivity contribution in [1.29, 1.82) is 0 Å². The highest BCUT2D eigenvalue weighted by atomic mass is 19.4. The number of pyridine rings is 2. The van der Waals surface area contributed by atoms with Gasteiger partial charge in [-0.05, 0) is 37.5 Å². The number of nitrogens with zero attached hydrogens (tertiary/aromatic N) is 3. The highest BCUT2D eigenvalue weighted by molar-refractivity contribution is 5.92. The topological polar surface area (TPSA) is 84.3 Å². The van der Waals surface area contributed by atoms with Gasteiger partial charge >= 0.3 is 6.18 Å². The molecule has 3 heterocycles. The Morgan fingerprint density at radius 1 is 1.27 bits per heavy atom. The van der Waals surface area contributed by atoms with E-state index in [-0.39, 0.29) is 12.5 Å². The molecule has 1 aliphatic heterocycles. The number of aromatic nitrogens is 2. The van der Waals surface area contributed by atoms with Gasteiger partial charge in [0.15, 0.2) is 0 Å². The Bertz CT molecular complexity index is 1000. The van der Waals surface area contributed by atoms with Crippen LogP contribution in [0.4, 0.5) is 19.0 Å². The number of amides is 2. The van der Waals surface area contributed by atoms with E-state index in [1.165, 1.54) is 4.90 Å². The number of anilines is 1. The Balaban J connectivity index is 1.67. The van der Waals surface area contributed by atoms with Gasteiger partial charge in [0.25, 0.3) is 5.56 Å². The molecule has 0 saturated carbocycles. The third kappa shape index (κ3) is 5.05. The molecule has 1 atom stereocenters. The van der Waals surface area contributed by atoms with Crippen molar-refractivity contribution in [2.75, 3.05) is 18.4 Å². The van der Waals surface area contributed by atoms with Crippen molar-refractivity contribution in [2.45, 2.75) is 32.5 Å². The van der Waals surface area contributed by atoms with Gasteiger partial charge < -0.3 is 14.8 Å². The minimum atomic E-state index is -4.61. The van der Waals surface area contributed by atoms with Gasteiger partial charge in [0, 0.05) is 31.5 Å². The van der Waals surface area contributed by atoms with Gasteiger partial charge in [0.05, 0.1) is 11.5 Å². The summed E-state index contributed by atoms with van der Waals surface area (Å²) in [5, 5.41) is 2.75. The number of halogens is 3. The predicted octanol–water partition coefficient (Wildman–Crippen LogP) is 2.45. The third-order valence-electron chi connectivity index (χ3n) is 5.01. The first-order chi connectivity index (χ1) is 14.1. The zero-order chi connectivity index (χ0) is 21.9. The minimum absolute atomic E-state index is 0.129. The maximum absolute atomic E-state index is 12.9. The van der Waals surface area contributed by atoms with Crippen LogP contribution in [-0.2, 0) is 22.3 Å². The summed E-state index contributed by atoms with van der Waals surface area (Å²) in [5.41, 5.74) is -0.900. The van der Waals surface area contributed by atoms with E-state index in [0.717, 1.165) is 16.2 Å². The normalized spacial score (nSPS) is 16.9. The Kier molecular flexibility index (Phi) is 6.23. The number of alkyl halides is 3. The van der Waals surface area contributed by atoms with Crippen LogP contribution >= 0.6 is 0 Å². The maximum Gasteiger partial charge on any atom is 0.417 e. The van der Waals surface area contributed by atoms with E-state index >= 15 is 0 Å². The molecule has 2 amide bonds. The Hall–Kier alpha value is -3.17. The van der Waals surface area contributed by atoms with Crippen LogP contribution in [0.2, 0.25) is 0 Å². The third-order valence-corrected chi connectivity index (χ3v) is 5.01. The average Bonchev–Trinajstić information content (AvgIpc) is 2.70. The Labute approximate surface area is 170 Å². The van der Waals surface area contributed by atoms with Crippen LogP contribution < -0.4 is 10.9 Å². The SMILES string of the molecule is Cc1cccnc1NC(=O)C1CCCN(C(=O)Cn2cc(C(F)(F)F)ccc2=O)C1. The van der Waals surface area contributed by atoms with Gasteiger partial charge in [-0.15, -0.1) is 0 Å². The fraction of sp³-hybridized carbons (Fsp3) is 0.400. The molecule has 1 saturated heterocycles. The predicted molar refractivity (Wildman–Crippen MR) is 103 cm³/mol. The summed E-state index contributed by atoms with van der Waals surface area (Å²) < 4.78 is 39.4. The van der Waals surface area contributed by atoms with Crippen molar-refractivity contribution < 1.29 is 22.8 Å². The fourth-order valence-corrected chi connectivity index (χ4v) is 3.32. The van der Waals surface area contributed by atoms with Crippen molar-refractivity contribution in [3.8, 4) is 0 Å². The number of hydrogen-bond donors (Lipinski definition) is 1. The number of rotatable bonds is 4. The van der Waals surface area contributed by atoms with Gasteiger partial charge in [-0.2, -0.15) is 13.2 Å². The molecule has 0 radical (unpaired) electrons. The van der Waals surface area contributed by atoms with Gasteiger partial charge in [0.2, 0.25) is 11.8 Å². The van der Waals surface area contributed by atoms with Crippen molar-refractivity contribution in [1.82, 2.24) is 14.5 Å². The van der Waals surface area contributed by atoms with E-state index in [1.807, 2.05) is 13.0 Å². The van der Waals surface area contributed by atoms with Crippen molar-refractivity contribution in [3.05, 3.63) is 58.1 Å². The zero-order valence-electron chi connectivity index (χ0n) is 16.3. The van der Waals surface area contributed by atoms with Gasteiger partial charge in [0.1, 0.15) is 12.4 Å². The van der Waals surface area contributed by atoms with Crippen molar-refractivity contribution in [3.63, 3.8) is 0 Å². The lowest BCUT2D eigenvalue weighted by molar-refractivity contribution is -0.139. The number of carbonyl (C=O) groups excluding carboxylic acids is 2. The van der Waals surface area contributed by atoms with Gasteiger partial charge in [-0.25, -0.2) is 4.98 Å². The second-order valence-electron chi connectivity index (χ2n) is 7.22. The molecule has 0 bridgehead atoms. The lowest BCUT2D eigenvalue weighted by Gasteiger charge is -2.32. The Morgan fingerprint density at radius 2 is 2.03 bits per heavy atom. The molecule has 0 aromatic carbocycles. The van der Waals surface area contributed by atoms with Crippen LogP contribution in [0, 0.1) is 12.8 Å². The fourth-order valence-electron chi connectivity index (χ4n) is 3.32. The lowest BCUT2D eigenvalue weighted by Crippen LogP contribution is -2.45. The molecule has 7 nitrogen and oxygen atoms in total. The molecule has 1 aliphatic rings. The monoisotopic (exact) mass is 422 g/mol. The quantitative estimate of drug-likeness (QED) is 0.821. The average molecular weight is 422 g/mol. The lowest BCUT2D eigenvalue weighted by atomic mass is 9.97. The van der Waals surface area contributed by atoms with E-state index in [0.29, 0.717) is 37.5 Å². The van der Waals surface area contributed by atoms with Crippen molar-refractivity contribution >= 4 is 17.6 Å². The summed E-state index contributed by atoms with van der Waals surface area (Å²) in [4.78, 5) is 42.6. The van der Waals surface area contributed by atoms with E-state index in [9.17, 15) is 27.6 Å². The number of hydrogen-bond acceptors (Lipinski definition) is 4. The maximum atomic E-state index is 12.9. The molecule has 0 aliphatic carbocycles. The molecule has 30 heavy (non-hydrogen) atoms. The molecule has 3 rings (SSSR count). The van der Waals surface area contributed by atoms with Crippen LogP contribution in [0.5, 0.6) is 0 Å². The van der Waals surface area contributed by atoms with E-state index in [2.05, 4.69) is 10.3 Å². The van der Waals surface area contributed by atoms with Crippen molar-refractivity contribution in [2.24, 2.45) is 5.92 Å². The molecule has 2 aromatic rings. The first kappa shape index (κ1) is 21.5. The first-order valence-corrected chi connectivity index (χ1v) is 9.43. The minimum Gasteiger partial charge on any atom is -0.340 e. The van der Waals surface area contributed by atoms with E-state index in [4.69, 9.17) is 0 Å². The van der Waals surface area contributed by atoms with Crippen LogP contribution in [0.15, 0.2) is 41.5 Å². The smallest absolute Gasteiger partial charge is 0.340 e. The summed E-state index contributed by atoms with van der Waals surface area (Å²) in [6.07, 6.45) is -1.27.